The van der Waals surface area contributed by atoms with Crippen LogP contribution in [-0.4, -0.2) is 35.6 Å². The summed E-state index contributed by atoms with van der Waals surface area (Å²) in [5.74, 6) is 0.228. The lowest BCUT2D eigenvalue weighted by molar-refractivity contribution is -0.385. The molecule has 1 fully saturated rings. The molecule has 4 aromatic carbocycles. The van der Waals surface area contributed by atoms with E-state index in [2.05, 4.69) is 10.3 Å². The van der Waals surface area contributed by atoms with E-state index in [1.807, 2.05) is 91.0 Å². The van der Waals surface area contributed by atoms with Crippen LogP contribution < -0.4 is 10.1 Å². The van der Waals surface area contributed by atoms with Gasteiger partial charge in [-0.1, -0.05) is 91.0 Å². The molecule has 1 saturated carbocycles. The molecule has 1 aromatic heterocycles. The molecular weight excluding hydrogens is 534 g/mol. The largest absolute Gasteiger partial charge is 0.484 e. The van der Waals surface area contributed by atoms with Crippen molar-refractivity contribution in [2.24, 2.45) is 0 Å². The molecule has 1 N–H and O–H groups in total. The van der Waals surface area contributed by atoms with Crippen molar-refractivity contribution in [1.82, 2.24) is 10.3 Å². The molecule has 9 nitrogen and oxygen atoms in total. The Morgan fingerprint density at radius 3 is 2.00 bits per heavy atom. The molecule has 1 aliphatic rings. The predicted molar refractivity (Wildman–Crippen MR) is 156 cm³/mol. The van der Waals surface area contributed by atoms with Crippen molar-refractivity contribution in [2.75, 3.05) is 13.7 Å². The standard InChI is InChI=1S/C33H29N3O6/c1-40-32(37)27(21-41-30-19-26-29(20-28(30)36(38)39)42-31(34-26)22-17-18-22)35-33(23-11-5-2-6-12-23,24-13-7-3-8-14-24)25-15-9-4-10-16-25/h2-16,19-20,22,27,35H,17-18,21H2,1H3. The number of ether oxygens (including phenoxy) is 2. The number of methoxy groups -OCH3 is 1. The number of hydrogen-bond donors (Lipinski definition) is 1. The second-order valence-electron chi connectivity index (χ2n) is 10.3. The fourth-order valence-electron chi connectivity index (χ4n) is 5.28. The molecule has 0 saturated heterocycles. The van der Waals surface area contributed by atoms with Gasteiger partial charge in [0.15, 0.2) is 17.2 Å². The van der Waals surface area contributed by atoms with Crippen LogP contribution in [0.4, 0.5) is 5.69 Å². The summed E-state index contributed by atoms with van der Waals surface area (Å²) in [6.07, 6.45) is 1.97. The van der Waals surface area contributed by atoms with Crippen molar-refractivity contribution in [3.63, 3.8) is 0 Å². The monoisotopic (exact) mass is 563 g/mol. The number of fused-ring (bicyclic) bond motifs is 1. The highest BCUT2D eigenvalue weighted by Gasteiger charge is 2.40. The zero-order valence-electron chi connectivity index (χ0n) is 22.9. The van der Waals surface area contributed by atoms with Gasteiger partial charge in [-0.15, -0.1) is 0 Å². The predicted octanol–water partition coefficient (Wildman–Crippen LogP) is 6.12. The third-order valence-corrected chi connectivity index (χ3v) is 7.51. The van der Waals surface area contributed by atoms with Crippen LogP contribution in [0, 0.1) is 10.1 Å². The zero-order chi connectivity index (χ0) is 29.1. The smallest absolute Gasteiger partial charge is 0.326 e. The summed E-state index contributed by atoms with van der Waals surface area (Å²) in [7, 11) is 1.30. The van der Waals surface area contributed by atoms with Crippen molar-refractivity contribution in [2.45, 2.75) is 30.3 Å². The number of nitro benzene ring substituents is 1. The molecule has 1 unspecified atom stereocenters. The summed E-state index contributed by atoms with van der Waals surface area (Å²) < 4.78 is 17.0. The van der Waals surface area contributed by atoms with Crippen molar-refractivity contribution in [3.8, 4) is 5.75 Å². The summed E-state index contributed by atoms with van der Waals surface area (Å²) in [6, 6.07) is 31.2. The molecule has 1 heterocycles. The Hall–Kier alpha value is -5.02. The van der Waals surface area contributed by atoms with E-state index < -0.39 is 22.5 Å². The Morgan fingerprint density at radius 1 is 0.976 bits per heavy atom. The van der Waals surface area contributed by atoms with Crippen LogP contribution in [0.2, 0.25) is 0 Å². The van der Waals surface area contributed by atoms with E-state index in [0.717, 1.165) is 29.5 Å². The highest BCUT2D eigenvalue weighted by atomic mass is 16.6. The van der Waals surface area contributed by atoms with Crippen LogP contribution in [0.3, 0.4) is 0 Å². The molecule has 42 heavy (non-hydrogen) atoms. The van der Waals surface area contributed by atoms with Gasteiger partial charge in [-0.2, -0.15) is 0 Å². The molecule has 6 rings (SSSR count). The third-order valence-electron chi connectivity index (χ3n) is 7.51. The summed E-state index contributed by atoms with van der Waals surface area (Å²) >= 11 is 0. The quantitative estimate of drug-likeness (QED) is 0.0885. The van der Waals surface area contributed by atoms with Gasteiger partial charge in [0.1, 0.15) is 18.2 Å². The first-order valence-electron chi connectivity index (χ1n) is 13.7. The molecule has 0 radical (unpaired) electrons. The van der Waals surface area contributed by atoms with E-state index in [4.69, 9.17) is 13.9 Å². The SMILES string of the molecule is COC(=O)C(COc1cc2nc(C3CC3)oc2cc1[N+](=O)[O-])NC(c1ccccc1)(c1ccccc1)c1ccccc1. The second kappa shape index (κ2) is 11.5. The van der Waals surface area contributed by atoms with E-state index in [-0.39, 0.29) is 24.0 Å². The number of nitro groups is 1. The maximum Gasteiger partial charge on any atom is 0.326 e. The molecular formula is C33H29N3O6. The molecule has 0 amide bonds. The van der Waals surface area contributed by atoms with Gasteiger partial charge in [-0.05, 0) is 29.5 Å². The fraction of sp³-hybridized carbons (Fsp3) is 0.212. The van der Waals surface area contributed by atoms with Crippen molar-refractivity contribution < 1.29 is 23.6 Å². The van der Waals surface area contributed by atoms with Crippen LogP contribution in [-0.2, 0) is 15.1 Å². The first-order valence-corrected chi connectivity index (χ1v) is 13.7. The highest BCUT2D eigenvalue weighted by Crippen LogP contribution is 2.42. The maximum atomic E-state index is 13.3. The van der Waals surface area contributed by atoms with E-state index >= 15 is 0 Å². The Kier molecular flexibility index (Phi) is 7.41. The third kappa shape index (κ3) is 5.22. The Bertz CT molecular complexity index is 1610. The number of nitrogens with one attached hydrogen (secondary N) is 1. The first kappa shape index (κ1) is 27.2. The van der Waals surface area contributed by atoms with Crippen LogP contribution in [0.25, 0.3) is 11.1 Å². The molecule has 0 aliphatic heterocycles. The van der Waals surface area contributed by atoms with Crippen LogP contribution in [0.15, 0.2) is 108 Å². The van der Waals surface area contributed by atoms with Gasteiger partial charge >= 0.3 is 11.7 Å². The topological polar surface area (TPSA) is 117 Å². The van der Waals surface area contributed by atoms with Crippen LogP contribution >= 0.6 is 0 Å². The molecule has 212 valence electrons. The summed E-state index contributed by atoms with van der Waals surface area (Å²) in [5, 5.41) is 15.5. The molecule has 9 heteroatoms. The Balaban J connectivity index is 1.41. The minimum atomic E-state index is -1.02. The molecule has 5 aromatic rings. The Labute approximate surface area is 242 Å². The van der Waals surface area contributed by atoms with Crippen LogP contribution in [0.5, 0.6) is 5.75 Å². The lowest BCUT2D eigenvalue weighted by Crippen LogP contribution is -2.55. The van der Waals surface area contributed by atoms with Crippen LogP contribution in [0.1, 0.15) is 41.3 Å². The fourth-order valence-corrected chi connectivity index (χ4v) is 5.28. The minimum absolute atomic E-state index is 0.0106. The maximum absolute atomic E-state index is 13.3. The number of esters is 1. The second-order valence-corrected chi connectivity index (χ2v) is 10.3. The van der Waals surface area contributed by atoms with Gasteiger partial charge in [0.2, 0.25) is 0 Å². The number of hydrogen-bond acceptors (Lipinski definition) is 8. The number of carbonyl (C=O) groups excluding carboxylic acids is 1. The lowest BCUT2D eigenvalue weighted by Gasteiger charge is -2.39. The van der Waals surface area contributed by atoms with Gasteiger partial charge in [0.25, 0.3) is 0 Å². The number of rotatable bonds is 11. The van der Waals surface area contributed by atoms with Gasteiger partial charge < -0.3 is 13.9 Å². The van der Waals surface area contributed by atoms with E-state index in [1.165, 1.54) is 19.2 Å². The molecule has 1 atom stereocenters. The van der Waals surface area contributed by atoms with Gasteiger partial charge in [0, 0.05) is 12.0 Å². The zero-order valence-corrected chi connectivity index (χ0v) is 22.9. The van der Waals surface area contributed by atoms with E-state index in [9.17, 15) is 14.9 Å². The number of benzene rings is 4. The lowest BCUT2D eigenvalue weighted by atomic mass is 9.76. The molecule has 0 spiro atoms. The first-order chi connectivity index (χ1) is 20.5. The highest BCUT2D eigenvalue weighted by molar-refractivity contribution is 5.80. The van der Waals surface area contributed by atoms with Crippen molar-refractivity contribution in [3.05, 3.63) is 136 Å². The number of carbonyl (C=O) groups is 1. The average molecular weight is 564 g/mol. The van der Waals surface area contributed by atoms with Gasteiger partial charge in [-0.3, -0.25) is 20.2 Å². The normalized spacial score (nSPS) is 13.9. The Morgan fingerprint density at radius 2 is 1.52 bits per heavy atom. The number of aromatic nitrogens is 1. The molecule has 1 aliphatic carbocycles. The molecule has 0 bridgehead atoms. The summed E-state index contributed by atoms with van der Waals surface area (Å²) in [4.78, 5) is 29.3. The van der Waals surface area contributed by atoms with Crippen molar-refractivity contribution >= 4 is 22.8 Å². The van der Waals surface area contributed by atoms with E-state index in [0.29, 0.717) is 17.0 Å². The van der Waals surface area contributed by atoms with Crippen molar-refractivity contribution in [1.29, 1.82) is 0 Å². The van der Waals surface area contributed by atoms with Gasteiger partial charge in [0.05, 0.1) is 23.6 Å². The average Bonchev–Trinajstić information content (AvgIpc) is 3.81. The summed E-state index contributed by atoms with van der Waals surface area (Å²) in [6.45, 7) is -0.249. The number of oxazole rings is 1. The van der Waals surface area contributed by atoms with E-state index in [1.54, 1.807) is 0 Å². The minimum Gasteiger partial charge on any atom is -0.484 e. The van der Waals surface area contributed by atoms with Gasteiger partial charge in [-0.25, -0.2) is 4.98 Å². The summed E-state index contributed by atoms with van der Waals surface area (Å²) in [5.41, 5.74) is 2.19. The number of nitrogens with zero attached hydrogens (tertiary/aromatic N) is 2.